The van der Waals surface area contributed by atoms with Gasteiger partial charge in [-0.1, -0.05) is 12.1 Å². The number of benzene rings is 1. The highest BCUT2D eigenvalue weighted by Crippen LogP contribution is 2.39. The van der Waals surface area contributed by atoms with Crippen LogP contribution in [0.3, 0.4) is 0 Å². The number of nitrogen functional groups attached to an aromatic ring is 1. The van der Waals surface area contributed by atoms with Crippen molar-refractivity contribution in [2.24, 2.45) is 0 Å². The van der Waals surface area contributed by atoms with Gasteiger partial charge in [-0.25, -0.2) is 4.39 Å². The topological polar surface area (TPSA) is 44.5 Å². The standard InChI is InChI=1S/C15H21BFNO2S/c1-14(2)15(3,4)20-16(19-14)11(9-21)7-10-5-6-12(17)13(18)8-10/h5-8,21H,9,18H2,1-4H3. The van der Waals surface area contributed by atoms with Crippen molar-refractivity contribution in [3.8, 4) is 0 Å². The second kappa shape index (κ2) is 5.67. The van der Waals surface area contributed by atoms with E-state index in [1.54, 1.807) is 12.1 Å². The maximum absolute atomic E-state index is 13.2. The van der Waals surface area contributed by atoms with Gasteiger partial charge in [0.25, 0.3) is 0 Å². The molecule has 1 saturated heterocycles. The van der Waals surface area contributed by atoms with Crippen LogP contribution in [0.4, 0.5) is 10.1 Å². The molecule has 1 aliphatic rings. The van der Waals surface area contributed by atoms with Gasteiger partial charge in [0.1, 0.15) is 5.82 Å². The zero-order chi connectivity index (χ0) is 15.8. The Hall–Kier alpha value is -0.975. The molecule has 1 aliphatic heterocycles. The molecular formula is C15H21BFNO2S. The number of anilines is 1. The summed E-state index contributed by atoms with van der Waals surface area (Å²) in [6, 6.07) is 4.60. The van der Waals surface area contributed by atoms with E-state index in [0.717, 1.165) is 11.0 Å². The van der Waals surface area contributed by atoms with Crippen molar-refractivity contribution in [2.45, 2.75) is 38.9 Å². The highest BCUT2D eigenvalue weighted by atomic mass is 32.1. The Balaban J connectivity index is 2.28. The van der Waals surface area contributed by atoms with E-state index >= 15 is 0 Å². The zero-order valence-electron chi connectivity index (χ0n) is 12.8. The van der Waals surface area contributed by atoms with Crippen LogP contribution in [0.5, 0.6) is 0 Å². The summed E-state index contributed by atoms with van der Waals surface area (Å²) in [5.74, 6) is 0.0592. The van der Waals surface area contributed by atoms with Gasteiger partial charge in [-0.3, -0.25) is 0 Å². The van der Waals surface area contributed by atoms with Crippen LogP contribution in [-0.4, -0.2) is 24.1 Å². The monoisotopic (exact) mass is 309 g/mol. The van der Waals surface area contributed by atoms with E-state index in [9.17, 15) is 4.39 Å². The molecule has 0 aromatic heterocycles. The lowest BCUT2D eigenvalue weighted by atomic mass is 9.78. The molecule has 0 radical (unpaired) electrons. The van der Waals surface area contributed by atoms with Crippen LogP contribution >= 0.6 is 12.6 Å². The third-order valence-corrected chi connectivity index (χ3v) is 4.48. The Morgan fingerprint density at radius 2 is 1.86 bits per heavy atom. The van der Waals surface area contributed by atoms with E-state index in [1.807, 2.05) is 33.8 Å². The molecule has 0 saturated carbocycles. The van der Waals surface area contributed by atoms with Crippen LogP contribution in [0.2, 0.25) is 0 Å². The zero-order valence-corrected chi connectivity index (χ0v) is 13.7. The summed E-state index contributed by atoms with van der Waals surface area (Å²) in [6.07, 6.45) is 1.88. The van der Waals surface area contributed by atoms with Crippen molar-refractivity contribution in [1.29, 1.82) is 0 Å². The van der Waals surface area contributed by atoms with Gasteiger partial charge in [0.2, 0.25) is 0 Å². The summed E-state index contributed by atoms with van der Waals surface area (Å²) >= 11 is 4.35. The number of hydrogen-bond acceptors (Lipinski definition) is 4. The van der Waals surface area contributed by atoms with Gasteiger partial charge in [-0.05, 0) is 50.9 Å². The first-order chi connectivity index (χ1) is 9.66. The maximum Gasteiger partial charge on any atom is 0.491 e. The lowest BCUT2D eigenvalue weighted by Crippen LogP contribution is -2.41. The Morgan fingerprint density at radius 1 is 1.29 bits per heavy atom. The van der Waals surface area contributed by atoms with Crippen LogP contribution in [0, 0.1) is 5.82 Å². The molecule has 114 valence electrons. The van der Waals surface area contributed by atoms with Gasteiger partial charge >= 0.3 is 7.12 Å². The first-order valence-electron chi connectivity index (χ1n) is 6.88. The lowest BCUT2D eigenvalue weighted by Gasteiger charge is -2.32. The van der Waals surface area contributed by atoms with Gasteiger partial charge in [-0.2, -0.15) is 12.6 Å². The first-order valence-corrected chi connectivity index (χ1v) is 7.51. The molecule has 0 amide bonds. The molecule has 1 heterocycles. The summed E-state index contributed by atoms with van der Waals surface area (Å²) in [4.78, 5) is 0. The summed E-state index contributed by atoms with van der Waals surface area (Å²) in [7, 11) is -0.459. The van der Waals surface area contributed by atoms with E-state index in [1.165, 1.54) is 6.07 Å². The van der Waals surface area contributed by atoms with Crippen LogP contribution in [0.25, 0.3) is 6.08 Å². The fraction of sp³-hybridized carbons (Fsp3) is 0.467. The Labute approximate surface area is 131 Å². The number of nitrogens with two attached hydrogens (primary N) is 1. The summed E-state index contributed by atoms with van der Waals surface area (Å²) in [6.45, 7) is 8.00. The maximum atomic E-state index is 13.2. The molecule has 1 aromatic rings. The van der Waals surface area contributed by atoms with E-state index < -0.39 is 24.1 Å². The normalized spacial score (nSPS) is 20.9. The highest BCUT2D eigenvalue weighted by Gasteiger charge is 2.52. The average Bonchev–Trinajstić information content (AvgIpc) is 2.59. The quantitative estimate of drug-likeness (QED) is 0.511. The van der Waals surface area contributed by atoms with E-state index in [-0.39, 0.29) is 5.69 Å². The van der Waals surface area contributed by atoms with Gasteiger partial charge in [0.05, 0.1) is 16.9 Å². The fourth-order valence-corrected chi connectivity index (χ4v) is 2.29. The molecule has 1 aromatic carbocycles. The second-order valence-electron chi connectivity index (χ2n) is 6.25. The van der Waals surface area contributed by atoms with Crippen molar-refractivity contribution in [2.75, 3.05) is 11.5 Å². The molecule has 6 heteroatoms. The van der Waals surface area contributed by atoms with Gasteiger partial charge in [0.15, 0.2) is 0 Å². The summed E-state index contributed by atoms with van der Waals surface area (Å²) in [5, 5.41) is 0. The minimum absolute atomic E-state index is 0.121. The van der Waals surface area contributed by atoms with Crippen LogP contribution < -0.4 is 5.73 Å². The van der Waals surface area contributed by atoms with Gasteiger partial charge < -0.3 is 15.0 Å². The number of halogens is 1. The molecule has 0 unspecified atom stereocenters. The number of thiol groups is 1. The molecule has 0 aliphatic carbocycles. The first kappa shape index (κ1) is 16.4. The molecule has 3 nitrogen and oxygen atoms in total. The third kappa shape index (κ3) is 3.28. The minimum Gasteiger partial charge on any atom is -0.400 e. The Morgan fingerprint density at radius 3 is 2.33 bits per heavy atom. The van der Waals surface area contributed by atoms with Gasteiger partial charge in [-0.15, -0.1) is 0 Å². The van der Waals surface area contributed by atoms with E-state index in [2.05, 4.69) is 12.6 Å². The van der Waals surface area contributed by atoms with Crippen molar-refractivity contribution >= 4 is 31.5 Å². The highest BCUT2D eigenvalue weighted by molar-refractivity contribution is 7.80. The van der Waals surface area contributed by atoms with E-state index in [0.29, 0.717) is 5.75 Å². The second-order valence-corrected chi connectivity index (χ2v) is 6.56. The molecular weight excluding hydrogens is 288 g/mol. The van der Waals surface area contributed by atoms with Gasteiger partial charge in [0, 0.05) is 5.75 Å². The predicted octanol–water partition coefficient (Wildman–Crippen LogP) is 3.35. The summed E-state index contributed by atoms with van der Waals surface area (Å²) < 4.78 is 25.2. The van der Waals surface area contributed by atoms with Crippen LogP contribution in [0.1, 0.15) is 33.3 Å². The molecule has 2 rings (SSSR count). The fourth-order valence-electron chi connectivity index (χ4n) is 2.05. The largest absolute Gasteiger partial charge is 0.491 e. The Kier molecular flexibility index (Phi) is 4.43. The molecule has 0 atom stereocenters. The van der Waals surface area contributed by atoms with Crippen molar-refractivity contribution in [3.05, 3.63) is 35.1 Å². The van der Waals surface area contributed by atoms with Crippen molar-refractivity contribution in [1.82, 2.24) is 0 Å². The van der Waals surface area contributed by atoms with Crippen LogP contribution in [0.15, 0.2) is 23.7 Å². The molecule has 2 N–H and O–H groups in total. The average molecular weight is 309 g/mol. The van der Waals surface area contributed by atoms with Crippen molar-refractivity contribution in [3.63, 3.8) is 0 Å². The molecule has 21 heavy (non-hydrogen) atoms. The summed E-state index contributed by atoms with van der Waals surface area (Å²) in [5.41, 5.74) is 6.59. The smallest absolute Gasteiger partial charge is 0.400 e. The SMILES string of the molecule is CC1(C)OB(C(=Cc2ccc(F)c(N)c2)CS)OC1(C)C. The third-order valence-electron chi connectivity index (χ3n) is 4.11. The molecule has 1 fully saturated rings. The minimum atomic E-state index is -0.459. The van der Waals surface area contributed by atoms with E-state index in [4.69, 9.17) is 15.0 Å². The number of hydrogen-bond donors (Lipinski definition) is 2. The lowest BCUT2D eigenvalue weighted by molar-refractivity contribution is 0.00578. The number of rotatable bonds is 3. The molecule has 0 spiro atoms. The molecule has 0 bridgehead atoms. The predicted molar refractivity (Wildman–Crippen MR) is 88.7 cm³/mol. The Bertz CT molecular complexity index is 559. The van der Waals surface area contributed by atoms with Crippen LogP contribution in [-0.2, 0) is 9.31 Å². The van der Waals surface area contributed by atoms with Crippen molar-refractivity contribution < 1.29 is 13.7 Å².